The predicted octanol–water partition coefficient (Wildman–Crippen LogP) is 3.72. The van der Waals surface area contributed by atoms with Gasteiger partial charge in [-0.25, -0.2) is 4.79 Å². The molecule has 0 bridgehead atoms. The topological polar surface area (TPSA) is 112 Å². The molecule has 148 valence electrons. The van der Waals surface area contributed by atoms with Gasteiger partial charge in [-0.05, 0) is 36.8 Å². The van der Waals surface area contributed by atoms with Crippen molar-refractivity contribution in [2.75, 3.05) is 0 Å². The number of carbonyl (C=O) groups excluding carboxylic acids is 2. The highest BCUT2D eigenvalue weighted by atomic mass is 16.6. The standard InChI is InChI=1S/C21H18N2O6/c1-14(20(24)22-13-15-5-3-2-4-6-15)28-21(25)19-12-11-18(29-19)16-7-9-17(10-8-16)23(26)27/h2-12,14H,13H2,1H3,(H,22,24)/t14-/m0/s1. The third-order valence-corrected chi connectivity index (χ3v) is 4.13. The molecule has 1 atom stereocenters. The number of nitrogens with zero attached hydrogens (tertiary/aromatic N) is 1. The van der Waals surface area contributed by atoms with Crippen molar-refractivity contribution in [1.29, 1.82) is 0 Å². The summed E-state index contributed by atoms with van der Waals surface area (Å²) in [4.78, 5) is 34.6. The number of amides is 1. The molecule has 0 radical (unpaired) electrons. The highest BCUT2D eigenvalue weighted by Gasteiger charge is 2.21. The van der Waals surface area contributed by atoms with Crippen LogP contribution in [0.5, 0.6) is 0 Å². The molecule has 3 aromatic rings. The lowest BCUT2D eigenvalue weighted by molar-refractivity contribution is -0.384. The fourth-order valence-electron chi connectivity index (χ4n) is 2.55. The van der Waals surface area contributed by atoms with Gasteiger partial charge in [0.25, 0.3) is 11.6 Å². The molecule has 2 aromatic carbocycles. The van der Waals surface area contributed by atoms with E-state index in [1.165, 1.54) is 37.3 Å². The minimum absolute atomic E-state index is 0.0460. The zero-order chi connectivity index (χ0) is 20.8. The second-order valence-corrected chi connectivity index (χ2v) is 6.22. The molecule has 1 heterocycles. The van der Waals surface area contributed by atoms with Gasteiger partial charge in [0.2, 0.25) is 5.76 Å². The smallest absolute Gasteiger partial charge is 0.375 e. The summed E-state index contributed by atoms with van der Waals surface area (Å²) in [6.07, 6.45) is -1.00. The Morgan fingerprint density at radius 2 is 1.76 bits per heavy atom. The average molecular weight is 394 g/mol. The van der Waals surface area contributed by atoms with Crippen molar-refractivity contribution in [3.63, 3.8) is 0 Å². The predicted molar refractivity (Wildman–Crippen MR) is 104 cm³/mol. The van der Waals surface area contributed by atoms with Crippen LogP contribution in [0, 0.1) is 10.1 Å². The fraction of sp³-hybridized carbons (Fsp3) is 0.143. The summed E-state index contributed by atoms with van der Waals surface area (Å²) < 4.78 is 10.6. The van der Waals surface area contributed by atoms with Gasteiger partial charge in [-0.1, -0.05) is 30.3 Å². The average Bonchev–Trinajstić information content (AvgIpc) is 3.23. The monoisotopic (exact) mass is 394 g/mol. The molecular formula is C21H18N2O6. The first-order valence-electron chi connectivity index (χ1n) is 8.81. The van der Waals surface area contributed by atoms with E-state index < -0.39 is 22.9 Å². The quantitative estimate of drug-likeness (QED) is 0.371. The number of carbonyl (C=O) groups is 2. The van der Waals surface area contributed by atoms with Crippen LogP contribution in [0.4, 0.5) is 5.69 Å². The van der Waals surface area contributed by atoms with Crippen LogP contribution in [0.1, 0.15) is 23.0 Å². The number of hydrogen-bond donors (Lipinski definition) is 1. The Hall–Kier alpha value is -3.94. The van der Waals surface area contributed by atoms with Gasteiger partial charge < -0.3 is 14.5 Å². The molecule has 0 aliphatic rings. The van der Waals surface area contributed by atoms with Gasteiger partial charge in [0.1, 0.15) is 5.76 Å². The van der Waals surface area contributed by atoms with E-state index in [0.717, 1.165) is 5.56 Å². The summed E-state index contributed by atoms with van der Waals surface area (Å²) in [6.45, 7) is 1.80. The molecule has 0 saturated heterocycles. The van der Waals surface area contributed by atoms with Crippen LogP contribution < -0.4 is 5.32 Å². The Kier molecular flexibility index (Phi) is 6.03. The normalized spacial score (nSPS) is 11.5. The maximum Gasteiger partial charge on any atom is 0.375 e. The number of esters is 1. The zero-order valence-corrected chi connectivity index (χ0v) is 15.5. The summed E-state index contributed by atoms with van der Waals surface area (Å²) in [6, 6.07) is 18.1. The molecule has 0 aliphatic carbocycles. The molecule has 0 fully saturated rings. The minimum atomic E-state index is -1.00. The molecule has 1 aromatic heterocycles. The minimum Gasteiger partial charge on any atom is -0.449 e. The van der Waals surface area contributed by atoms with Crippen molar-refractivity contribution < 1.29 is 23.7 Å². The molecule has 1 N–H and O–H groups in total. The first-order valence-corrected chi connectivity index (χ1v) is 8.81. The van der Waals surface area contributed by atoms with E-state index in [4.69, 9.17) is 9.15 Å². The fourth-order valence-corrected chi connectivity index (χ4v) is 2.55. The number of non-ortho nitro benzene ring substituents is 1. The van der Waals surface area contributed by atoms with Crippen LogP contribution in [0.25, 0.3) is 11.3 Å². The van der Waals surface area contributed by atoms with Crippen LogP contribution in [-0.4, -0.2) is 22.9 Å². The van der Waals surface area contributed by atoms with Crippen LogP contribution in [-0.2, 0) is 16.1 Å². The lowest BCUT2D eigenvalue weighted by Gasteiger charge is -2.12. The molecule has 0 spiro atoms. The maximum absolute atomic E-state index is 12.2. The third-order valence-electron chi connectivity index (χ3n) is 4.13. The summed E-state index contributed by atoms with van der Waals surface area (Å²) in [5.74, 6) is -0.918. The lowest BCUT2D eigenvalue weighted by Crippen LogP contribution is -2.35. The molecule has 0 aliphatic heterocycles. The lowest BCUT2D eigenvalue weighted by atomic mass is 10.1. The SMILES string of the molecule is C[C@H](OC(=O)c1ccc(-c2ccc([N+](=O)[O-])cc2)o1)C(=O)NCc1ccccc1. The number of ether oxygens (including phenoxy) is 1. The Balaban J connectivity index is 1.57. The molecule has 3 rings (SSSR count). The molecule has 29 heavy (non-hydrogen) atoms. The van der Waals surface area contributed by atoms with E-state index in [9.17, 15) is 19.7 Å². The van der Waals surface area contributed by atoms with Crippen molar-refractivity contribution in [1.82, 2.24) is 5.32 Å². The van der Waals surface area contributed by atoms with E-state index >= 15 is 0 Å². The third kappa shape index (κ3) is 5.07. The largest absolute Gasteiger partial charge is 0.449 e. The van der Waals surface area contributed by atoms with E-state index in [-0.39, 0.29) is 11.4 Å². The zero-order valence-electron chi connectivity index (χ0n) is 15.5. The van der Waals surface area contributed by atoms with Crippen molar-refractivity contribution in [2.45, 2.75) is 19.6 Å². The van der Waals surface area contributed by atoms with Gasteiger partial charge in [-0.3, -0.25) is 14.9 Å². The number of nitrogens with one attached hydrogen (secondary N) is 1. The summed E-state index contributed by atoms with van der Waals surface area (Å²) in [5, 5.41) is 13.4. The second-order valence-electron chi connectivity index (χ2n) is 6.22. The van der Waals surface area contributed by atoms with Crippen molar-refractivity contribution >= 4 is 17.6 Å². The van der Waals surface area contributed by atoms with Crippen molar-refractivity contribution in [3.05, 3.63) is 88.2 Å². The van der Waals surface area contributed by atoms with Gasteiger partial charge >= 0.3 is 5.97 Å². The van der Waals surface area contributed by atoms with Crippen molar-refractivity contribution in [2.24, 2.45) is 0 Å². The highest BCUT2D eigenvalue weighted by Crippen LogP contribution is 2.25. The summed E-state index contributed by atoms with van der Waals surface area (Å²) in [5.41, 5.74) is 1.46. The van der Waals surface area contributed by atoms with Crippen LogP contribution in [0.15, 0.2) is 71.1 Å². The molecule has 0 saturated carbocycles. The Morgan fingerprint density at radius 1 is 1.07 bits per heavy atom. The summed E-state index contributed by atoms with van der Waals surface area (Å²) >= 11 is 0. The van der Waals surface area contributed by atoms with Crippen molar-refractivity contribution in [3.8, 4) is 11.3 Å². The Labute approximate surface area is 166 Å². The molecule has 0 unspecified atom stereocenters. The van der Waals surface area contributed by atoms with Gasteiger partial charge in [0.05, 0.1) is 4.92 Å². The number of nitro benzene ring substituents is 1. The van der Waals surface area contributed by atoms with Crippen LogP contribution in [0.3, 0.4) is 0 Å². The van der Waals surface area contributed by atoms with Gasteiger partial charge in [-0.2, -0.15) is 0 Å². The maximum atomic E-state index is 12.2. The van der Waals surface area contributed by atoms with E-state index in [2.05, 4.69) is 5.32 Å². The Morgan fingerprint density at radius 3 is 2.41 bits per heavy atom. The number of hydrogen-bond acceptors (Lipinski definition) is 6. The number of nitro groups is 1. The first kappa shape index (κ1) is 19.8. The first-order chi connectivity index (χ1) is 13.9. The van der Waals surface area contributed by atoms with Crippen LogP contribution >= 0.6 is 0 Å². The second kappa shape index (κ2) is 8.83. The number of benzene rings is 2. The molecule has 8 nitrogen and oxygen atoms in total. The highest BCUT2D eigenvalue weighted by molar-refractivity contribution is 5.90. The van der Waals surface area contributed by atoms with E-state index in [1.54, 1.807) is 6.07 Å². The Bertz CT molecular complexity index is 1010. The molecular weight excluding hydrogens is 376 g/mol. The van der Waals surface area contributed by atoms with Gasteiger partial charge in [0, 0.05) is 24.2 Å². The summed E-state index contributed by atoms with van der Waals surface area (Å²) in [7, 11) is 0. The molecule has 8 heteroatoms. The number of furan rings is 1. The number of rotatable bonds is 7. The van der Waals surface area contributed by atoms with Gasteiger partial charge in [0.15, 0.2) is 6.10 Å². The van der Waals surface area contributed by atoms with E-state index in [0.29, 0.717) is 17.9 Å². The van der Waals surface area contributed by atoms with E-state index in [1.807, 2.05) is 30.3 Å². The molecule has 1 amide bonds. The van der Waals surface area contributed by atoms with Crippen LogP contribution in [0.2, 0.25) is 0 Å². The van der Waals surface area contributed by atoms with Gasteiger partial charge in [-0.15, -0.1) is 0 Å².